The van der Waals surface area contributed by atoms with Gasteiger partial charge in [0.1, 0.15) is 6.61 Å². The van der Waals surface area contributed by atoms with E-state index in [1.54, 1.807) is 6.07 Å². The first-order valence-electron chi connectivity index (χ1n) is 7.95. The van der Waals surface area contributed by atoms with Crippen LogP contribution in [0.25, 0.3) is 0 Å². The van der Waals surface area contributed by atoms with Crippen LogP contribution in [0.4, 0.5) is 5.82 Å². The van der Waals surface area contributed by atoms with Crippen LogP contribution >= 0.6 is 0 Å². The van der Waals surface area contributed by atoms with E-state index in [2.05, 4.69) is 25.3 Å². The first kappa shape index (κ1) is 15.5. The molecule has 7 nitrogen and oxygen atoms in total. The highest BCUT2D eigenvalue weighted by Crippen LogP contribution is 2.23. The molecule has 0 saturated carbocycles. The second-order valence-electron chi connectivity index (χ2n) is 5.75. The number of carbonyl (C=O) groups is 1. The van der Waals surface area contributed by atoms with Crippen molar-refractivity contribution in [1.82, 2.24) is 20.4 Å². The minimum Gasteiger partial charge on any atom is -0.459 e. The van der Waals surface area contributed by atoms with E-state index in [-0.39, 0.29) is 12.0 Å². The van der Waals surface area contributed by atoms with Crippen LogP contribution in [-0.4, -0.2) is 45.6 Å². The Balaban J connectivity index is 1.60. The number of esters is 1. The molecule has 0 unspecified atom stereocenters. The van der Waals surface area contributed by atoms with Gasteiger partial charge >= 0.3 is 5.97 Å². The highest BCUT2D eigenvalue weighted by molar-refractivity contribution is 5.87. The van der Waals surface area contributed by atoms with Gasteiger partial charge in [0.05, 0.1) is 11.7 Å². The second-order valence-corrected chi connectivity index (χ2v) is 5.75. The summed E-state index contributed by atoms with van der Waals surface area (Å²) >= 11 is 0. The summed E-state index contributed by atoms with van der Waals surface area (Å²) in [5.41, 5.74) is 2.15. The van der Waals surface area contributed by atoms with Gasteiger partial charge in [-0.1, -0.05) is 6.92 Å². The van der Waals surface area contributed by atoms with Crippen molar-refractivity contribution in [3.63, 3.8) is 0 Å². The summed E-state index contributed by atoms with van der Waals surface area (Å²) in [4.78, 5) is 14.2. The number of aryl methyl sites for hydroxylation is 2. The molecule has 0 aliphatic carbocycles. The van der Waals surface area contributed by atoms with Gasteiger partial charge in [0.15, 0.2) is 11.5 Å². The molecule has 3 heterocycles. The van der Waals surface area contributed by atoms with Crippen LogP contribution in [0.3, 0.4) is 0 Å². The fourth-order valence-electron chi connectivity index (χ4n) is 2.75. The summed E-state index contributed by atoms with van der Waals surface area (Å²) in [6.07, 6.45) is 2.84. The maximum atomic E-state index is 12.1. The number of rotatable bonds is 5. The third kappa shape index (κ3) is 3.49. The Morgan fingerprint density at radius 3 is 3.00 bits per heavy atom. The van der Waals surface area contributed by atoms with Gasteiger partial charge in [-0.3, -0.25) is 5.10 Å². The Labute approximate surface area is 135 Å². The van der Waals surface area contributed by atoms with Crippen molar-refractivity contribution >= 4 is 11.8 Å². The standard InChI is InChI=1S/C16H21N5O2/c1-3-12-9-14(19-18-12)16(22)23-10-13-5-4-8-21(13)15-7-6-11(2)17-20-15/h6-7,9,13H,3-5,8,10H2,1-2H3,(H,18,19)/t13-/m0/s1. The summed E-state index contributed by atoms with van der Waals surface area (Å²) in [6.45, 7) is 5.15. The Bertz CT molecular complexity index is 667. The normalized spacial score (nSPS) is 17.5. The Morgan fingerprint density at radius 2 is 2.30 bits per heavy atom. The number of hydrogen-bond acceptors (Lipinski definition) is 6. The summed E-state index contributed by atoms with van der Waals surface area (Å²) in [7, 11) is 0. The van der Waals surface area contributed by atoms with Crippen molar-refractivity contribution in [3.05, 3.63) is 35.3 Å². The predicted molar refractivity (Wildman–Crippen MR) is 85.4 cm³/mol. The lowest BCUT2D eigenvalue weighted by molar-refractivity contribution is 0.0475. The number of H-pyrrole nitrogens is 1. The van der Waals surface area contributed by atoms with Crippen molar-refractivity contribution in [2.24, 2.45) is 0 Å². The van der Waals surface area contributed by atoms with Crippen LogP contribution in [0, 0.1) is 6.92 Å². The molecule has 23 heavy (non-hydrogen) atoms. The number of hydrogen-bond donors (Lipinski definition) is 1. The molecule has 122 valence electrons. The van der Waals surface area contributed by atoms with Crippen LogP contribution in [0.1, 0.15) is 41.6 Å². The van der Waals surface area contributed by atoms with Crippen molar-refractivity contribution in [2.75, 3.05) is 18.1 Å². The van der Waals surface area contributed by atoms with E-state index >= 15 is 0 Å². The molecule has 2 aromatic heterocycles. The molecular weight excluding hydrogens is 294 g/mol. The van der Waals surface area contributed by atoms with E-state index in [4.69, 9.17) is 4.74 Å². The van der Waals surface area contributed by atoms with Crippen LogP contribution in [0.15, 0.2) is 18.2 Å². The van der Waals surface area contributed by atoms with Gasteiger partial charge in [-0.15, -0.1) is 5.10 Å². The molecule has 7 heteroatoms. The molecule has 1 N–H and O–H groups in total. The van der Waals surface area contributed by atoms with Gasteiger partial charge in [-0.25, -0.2) is 4.79 Å². The molecule has 1 aliphatic rings. The van der Waals surface area contributed by atoms with E-state index in [0.29, 0.717) is 12.3 Å². The number of nitrogens with zero attached hydrogens (tertiary/aromatic N) is 4. The highest BCUT2D eigenvalue weighted by Gasteiger charge is 2.27. The molecule has 0 radical (unpaired) electrons. The SMILES string of the molecule is CCc1cc(C(=O)OC[C@@H]2CCCN2c2ccc(C)nn2)n[nH]1. The van der Waals surface area contributed by atoms with Crippen molar-refractivity contribution < 1.29 is 9.53 Å². The summed E-state index contributed by atoms with van der Waals surface area (Å²) in [5, 5.41) is 15.1. The maximum absolute atomic E-state index is 12.1. The Hall–Kier alpha value is -2.44. The quantitative estimate of drug-likeness (QED) is 0.848. The number of carbonyl (C=O) groups excluding carboxylic acids is 1. The second kappa shape index (κ2) is 6.76. The van der Waals surface area contributed by atoms with Crippen molar-refractivity contribution in [2.45, 2.75) is 39.2 Å². The molecule has 0 amide bonds. The van der Waals surface area contributed by atoms with E-state index in [1.807, 2.05) is 26.0 Å². The summed E-state index contributed by atoms with van der Waals surface area (Å²) in [6, 6.07) is 5.78. The highest BCUT2D eigenvalue weighted by atomic mass is 16.5. The molecule has 3 rings (SSSR count). The predicted octanol–water partition coefficient (Wildman–Crippen LogP) is 1.90. The van der Waals surface area contributed by atoms with Gasteiger partial charge in [-0.2, -0.15) is 10.2 Å². The fraction of sp³-hybridized carbons (Fsp3) is 0.500. The van der Waals surface area contributed by atoms with E-state index in [1.165, 1.54) is 0 Å². The lowest BCUT2D eigenvalue weighted by Gasteiger charge is -2.24. The monoisotopic (exact) mass is 315 g/mol. The van der Waals surface area contributed by atoms with E-state index < -0.39 is 0 Å². The molecule has 0 spiro atoms. The van der Waals surface area contributed by atoms with E-state index in [9.17, 15) is 4.79 Å². The minimum atomic E-state index is -0.386. The zero-order valence-electron chi connectivity index (χ0n) is 13.5. The lowest BCUT2D eigenvalue weighted by Crippen LogP contribution is -2.34. The third-order valence-corrected chi connectivity index (χ3v) is 4.08. The number of aromatic amines is 1. The van der Waals surface area contributed by atoms with Gasteiger partial charge in [-0.05, 0) is 44.4 Å². The number of aromatic nitrogens is 4. The molecule has 1 saturated heterocycles. The first-order valence-corrected chi connectivity index (χ1v) is 7.95. The molecule has 1 aliphatic heterocycles. The van der Waals surface area contributed by atoms with Gasteiger partial charge in [0, 0.05) is 12.2 Å². The molecular formula is C16H21N5O2. The molecule has 1 fully saturated rings. The number of nitrogens with one attached hydrogen (secondary N) is 1. The third-order valence-electron chi connectivity index (χ3n) is 4.08. The van der Waals surface area contributed by atoms with Crippen LogP contribution in [0.2, 0.25) is 0 Å². The average molecular weight is 315 g/mol. The average Bonchev–Trinajstić information content (AvgIpc) is 3.22. The number of anilines is 1. The first-order chi connectivity index (χ1) is 11.2. The van der Waals surface area contributed by atoms with Gasteiger partial charge in [0.25, 0.3) is 0 Å². The maximum Gasteiger partial charge on any atom is 0.358 e. The zero-order chi connectivity index (χ0) is 16.2. The fourth-order valence-corrected chi connectivity index (χ4v) is 2.75. The van der Waals surface area contributed by atoms with Crippen LogP contribution in [0.5, 0.6) is 0 Å². The molecule has 2 aromatic rings. The smallest absolute Gasteiger partial charge is 0.358 e. The molecule has 0 bridgehead atoms. The Morgan fingerprint density at radius 1 is 1.43 bits per heavy atom. The van der Waals surface area contributed by atoms with Gasteiger partial charge in [0.2, 0.25) is 0 Å². The zero-order valence-corrected chi connectivity index (χ0v) is 13.5. The largest absolute Gasteiger partial charge is 0.459 e. The summed E-state index contributed by atoms with van der Waals surface area (Å²) in [5.74, 6) is 0.449. The van der Waals surface area contributed by atoms with Crippen LogP contribution in [-0.2, 0) is 11.2 Å². The van der Waals surface area contributed by atoms with Crippen molar-refractivity contribution in [3.8, 4) is 0 Å². The number of ether oxygens (including phenoxy) is 1. The molecule has 0 aromatic carbocycles. The minimum absolute atomic E-state index is 0.139. The summed E-state index contributed by atoms with van der Waals surface area (Å²) < 4.78 is 5.43. The van der Waals surface area contributed by atoms with Crippen LogP contribution < -0.4 is 4.90 Å². The van der Waals surface area contributed by atoms with E-state index in [0.717, 1.165) is 43.0 Å². The van der Waals surface area contributed by atoms with Gasteiger partial charge < -0.3 is 9.64 Å². The Kier molecular flexibility index (Phi) is 4.55. The topological polar surface area (TPSA) is 84.0 Å². The molecule has 1 atom stereocenters. The lowest BCUT2D eigenvalue weighted by atomic mass is 10.2. The van der Waals surface area contributed by atoms with Crippen molar-refractivity contribution in [1.29, 1.82) is 0 Å².